The maximum Gasteiger partial charge on any atom is 0.416 e. The van der Waals surface area contributed by atoms with E-state index in [-0.39, 0.29) is 29.1 Å². The van der Waals surface area contributed by atoms with Crippen molar-refractivity contribution in [3.05, 3.63) is 64.9 Å². The highest BCUT2D eigenvalue weighted by atomic mass is 19.4. The first-order valence-electron chi connectivity index (χ1n) is 9.12. The molecule has 2 aromatic heterocycles. The lowest BCUT2D eigenvalue weighted by Crippen LogP contribution is -2.29. The molecule has 174 valence electrons. The minimum atomic E-state index is -5.10. The van der Waals surface area contributed by atoms with Crippen molar-refractivity contribution in [1.82, 2.24) is 30.3 Å². The van der Waals surface area contributed by atoms with Gasteiger partial charge in [-0.05, 0) is 25.1 Å². The second kappa shape index (κ2) is 8.60. The maximum absolute atomic E-state index is 13.1. The molecule has 0 aliphatic heterocycles. The summed E-state index contributed by atoms with van der Waals surface area (Å²) in [5.74, 6) is -1.58. The fourth-order valence-corrected chi connectivity index (χ4v) is 2.76. The Morgan fingerprint density at radius 2 is 1.55 bits per heavy atom. The fourth-order valence-electron chi connectivity index (χ4n) is 2.76. The Labute approximate surface area is 181 Å². The van der Waals surface area contributed by atoms with Crippen LogP contribution < -0.4 is 5.32 Å². The number of hydrogen-bond acceptors (Lipinski definition) is 6. The van der Waals surface area contributed by atoms with E-state index in [2.05, 4.69) is 25.5 Å². The van der Waals surface area contributed by atoms with E-state index in [9.17, 15) is 35.9 Å². The molecule has 3 aromatic rings. The molecule has 0 saturated heterocycles. The molecule has 3 rings (SSSR count). The van der Waals surface area contributed by atoms with Gasteiger partial charge in [0.05, 0.1) is 23.4 Å². The number of amides is 1. The third-order valence-electron chi connectivity index (χ3n) is 4.36. The standard InChI is InChI=1S/C19H14F6N6O2/c1-9(15-16(27-4-3-26-15)31-28-8-14(30-31)10(2)32)29-17(33)11-5-12(18(20,21)22)7-13(6-11)19(23,24)25/h3-9H,1-2H3,(H,29,33). The minimum Gasteiger partial charge on any atom is -0.344 e. The zero-order valence-corrected chi connectivity index (χ0v) is 16.9. The first-order valence-corrected chi connectivity index (χ1v) is 9.12. The third kappa shape index (κ3) is 5.32. The molecule has 8 nitrogen and oxygen atoms in total. The van der Waals surface area contributed by atoms with Crippen LogP contribution in [0.4, 0.5) is 26.3 Å². The van der Waals surface area contributed by atoms with E-state index in [0.717, 1.165) is 4.80 Å². The molecule has 1 N–H and O–H groups in total. The van der Waals surface area contributed by atoms with Crippen LogP contribution in [0.2, 0.25) is 0 Å². The number of aromatic nitrogens is 5. The van der Waals surface area contributed by atoms with Crippen molar-refractivity contribution >= 4 is 11.7 Å². The van der Waals surface area contributed by atoms with Crippen LogP contribution in [0.5, 0.6) is 0 Å². The molecule has 0 aliphatic rings. The predicted molar refractivity (Wildman–Crippen MR) is 99.3 cm³/mol. The number of alkyl halides is 6. The Kier molecular flexibility index (Phi) is 6.20. The van der Waals surface area contributed by atoms with Gasteiger partial charge < -0.3 is 5.32 Å². The number of carbonyl (C=O) groups excluding carboxylic acids is 2. The molecule has 1 amide bonds. The quantitative estimate of drug-likeness (QED) is 0.448. The van der Waals surface area contributed by atoms with E-state index in [4.69, 9.17) is 0 Å². The number of Topliss-reactive ketones (excluding diaryl/α,β-unsaturated/α-hetero) is 1. The number of nitrogens with zero attached hydrogens (tertiary/aromatic N) is 5. The maximum atomic E-state index is 13.1. The van der Waals surface area contributed by atoms with Gasteiger partial charge in [0.1, 0.15) is 11.4 Å². The van der Waals surface area contributed by atoms with E-state index in [1.165, 1.54) is 32.4 Å². The largest absolute Gasteiger partial charge is 0.416 e. The highest BCUT2D eigenvalue weighted by molar-refractivity contribution is 5.95. The number of rotatable bonds is 5. The second-order valence-electron chi connectivity index (χ2n) is 6.83. The summed E-state index contributed by atoms with van der Waals surface area (Å²) < 4.78 is 78.4. The summed E-state index contributed by atoms with van der Waals surface area (Å²) in [7, 11) is 0. The van der Waals surface area contributed by atoms with Gasteiger partial charge in [-0.25, -0.2) is 4.98 Å². The van der Waals surface area contributed by atoms with Gasteiger partial charge in [-0.3, -0.25) is 14.6 Å². The smallest absolute Gasteiger partial charge is 0.344 e. The normalized spacial score (nSPS) is 13.0. The van der Waals surface area contributed by atoms with Gasteiger partial charge in [-0.2, -0.15) is 31.4 Å². The number of hydrogen-bond donors (Lipinski definition) is 1. The van der Waals surface area contributed by atoms with E-state index in [1.807, 2.05) is 0 Å². The minimum absolute atomic E-state index is 0.00202. The Hall–Kier alpha value is -3.84. The van der Waals surface area contributed by atoms with Crippen LogP contribution in [0.3, 0.4) is 0 Å². The second-order valence-corrected chi connectivity index (χ2v) is 6.83. The molecule has 1 unspecified atom stereocenters. The lowest BCUT2D eigenvalue weighted by molar-refractivity contribution is -0.143. The molecule has 0 spiro atoms. The van der Waals surface area contributed by atoms with Crippen molar-refractivity contribution in [2.75, 3.05) is 0 Å². The van der Waals surface area contributed by atoms with Gasteiger partial charge in [-0.15, -0.1) is 9.90 Å². The van der Waals surface area contributed by atoms with Gasteiger partial charge in [0, 0.05) is 24.9 Å². The van der Waals surface area contributed by atoms with Crippen molar-refractivity contribution in [3.8, 4) is 5.82 Å². The molecule has 0 aliphatic carbocycles. The van der Waals surface area contributed by atoms with Gasteiger partial charge >= 0.3 is 12.4 Å². The van der Waals surface area contributed by atoms with Crippen LogP contribution in [0.1, 0.15) is 57.6 Å². The zero-order valence-electron chi connectivity index (χ0n) is 16.9. The highest BCUT2D eigenvalue weighted by Crippen LogP contribution is 2.36. The Balaban J connectivity index is 1.94. The summed E-state index contributed by atoms with van der Waals surface area (Å²) in [5, 5.41) is 10.1. The van der Waals surface area contributed by atoms with Crippen molar-refractivity contribution in [3.63, 3.8) is 0 Å². The van der Waals surface area contributed by atoms with E-state index < -0.39 is 41.0 Å². The molecule has 0 radical (unpaired) electrons. The van der Waals surface area contributed by atoms with Crippen LogP contribution in [0.15, 0.2) is 36.8 Å². The summed E-state index contributed by atoms with van der Waals surface area (Å²) in [4.78, 5) is 33.0. The van der Waals surface area contributed by atoms with Crippen LogP contribution >= 0.6 is 0 Å². The summed E-state index contributed by atoms with van der Waals surface area (Å²) in [5.41, 5.74) is -4.00. The van der Waals surface area contributed by atoms with E-state index in [0.29, 0.717) is 12.1 Å². The Bertz CT molecular complexity index is 1170. The molecule has 33 heavy (non-hydrogen) atoms. The fraction of sp³-hybridized carbons (Fsp3) is 0.263. The summed E-state index contributed by atoms with van der Waals surface area (Å²) >= 11 is 0. The van der Waals surface area contributed by atoms with E-state index >= 15 is 0 Å². The third-order valence-corrected chi connectivity index (χ3v) is 4.36. The van der Waals surface area contributed by atoms with Crippen molar-refractivity contribution in [2.45, 2.75) is 32.2 Å². The molecular formula is C19H14F6N6O2. The van der Waals surface area contributed by atoms with Crippen LogP contribution in [-0.4, -0.2) is 36.7 Å². The lowest BCUT2D eigenvalue weighted by Gasteiger charge is -2.17. The molecule has 0 fully saturated rings. The number of halogens is 6. The molecule has 14 heteroatoms. The number of carbonyl (C=O) groups is 2. The number of nitrogens with one attached hydrogen (secondary N) is 1. The van der Waals surface area contributed by atoms with E-state index in [1.54, 1.807) is 0 Å². The van der Waals surface area contributed by atoms with Crippen molar-refractivity contribution in [1.29, 1.82) is 0 Å². The first-order chi connectivity index (χ1) is 15.3. The summed E-state index contributed by atoms with van der Waals surface area (Å²) in [6.45, 7) is 2.65. The molecule has 2 heterocycles. The average Bonchev–Trinajstić information content (AvgIpc) is 3.22. The molecule has 1 atom stereocenters. The molecule has 0 saturated carbocycles. The van der Waals surface area contributed by atoms with Crippen molar-refractivity contribution in [2.24, 2.45) is 0 Å². The van der Waals surface area contributed by atoms with Crippen LogP contribution in [0, 0.1) is 0 Å². The van der Waals surface area contributed by atoms with Crippen LogP contribution in [-0.2, 0) is 12.4 Å². The zero-order chi connectivity index (χ0) is 24.6. The van der Waals surface area contributed by atoms with Gasteiger partial charge in [0.15, 0.2) is 11.6 Å². The topological polar surface area (TPSA) is 103 Å². The van der Waals surface area contributed by atoms with Crippen LogP contribution in [0.25, 0.3) is 5.82 Å². The average molecular weight is 472 g/mol. The SMILES string of the molecule is CC(=O)c1cnn(-c2nccnc2C(C)NC(=O)c2cc(C(F)(F)F)cc(C(F)(F)F)c2)n1. The monoisotopic (exact) mass is 472 g/mol. The Morgan fingerprint density at radius 3 is 2.06 bits per heavy atom. The molecule has 0 bridgehead atoms. The lowest BCUT2D eigenvalue weighted by atomic mass is 10.0. The number of ketones is 1. The number of benzene rings is 1. The van der Waals surface area contributed by atoms with Crippen molar-refractivity contribution < 1.29 is 35.9 Å². The van der Waals surface area contributed by atoms with Gasteiger partial charge in [0.25, 0.3) is 5.91 Å². The summed E-state index contributed by atoms with van der Waals surface area (Å²) in [6, 6.07) is -0.458. The Morgan fingerprint density at radius 1 is 0.970 bits per heavy atom. The molecular weight excluding hydrogens is 458 g/mol. The highest BCUT2D eigenvalue weighted by Gasteiger charge is 2.37. The van der Waals surface area contributed by atoms with Gasteiger partial charge in [0.2, 0.25) is 0 Å². The first kappa shape index (κ1) is 23.8. The predicted octanol–water partition coefficient (Wildman–Crippen LogP) is 3.79. The molecule has 1 aromatic carbocycles. The van der Waals surface area contributed by atoms with Gasteiger partial charge in [-0.1, -0.05) is 0 Å². The summed E-state index contributed by atoms with van der Waals surface area (Å²) in [6.07, 6.45) is -6.50.